The summed E-state index contributed by atoms with van der Waals surface area (Å²) in [6.45, 7) is 3.13. The summed E-state index contributed by atoms with van der Waals surface area (Å²) < 4.78 is 0. The molecule has 0 saturated heterocycles. The van der Waals surface area contributed by atoms with E-state index in [0.29, 0.717) is 0 Å². The number of aromatic nitrogens is 1. The van der Waals surface area contributed by atoms with Gasteiger partial charge in [0.1, 0.15) is 5.01 Å². The number of nitrogens with zero attached hydrogens (tertiary/aromatic N) is 1. The van der Waals surface area contributed by atoms with Crippen molar-refractivity contribution in [2.24, 2.45) is 0 Å². The van der Waals surface area contributed by atoms with E-state index in [4.69, 9.17) is 16.6 Å². The molecule has 2 nitrogen and oxygen atoms in total. The first kappa shape index (κ1) is 13.1. The van der Waals surface area contributed by atoms with Gasteiger partial charge < -0.3 is 5.32 Å². The Balaban J connectivity index is 1.82. The van der Waals surface area contributed by atoms with Gasteiger partial charge in [-0.1, -0.05) is 30.7 Å². The number of hydrogen-bond donors (Lipinski definition) is 1. The predicted octanol–water partition coefficient (Wildman–Crippen LogP) is 4.28. The van der Waals surface area contributed by atoms with Gasteiger partial charge in [0.05, 0.1) is 5.69 Å². The Morgan fingerprint density at radius 1 is 1.32 bits per heavy atom. The van der Waals surface area contributed by atoms with Crippen LogP contribution in [0.1, 0.15) is 30.3 Å². The van der Waals surface area contributed by atoms with Crippen molar-refractivity contribution in [3.63, 3.8) is 0 Å². The van der Waals surface area contributed by atoms with Crippen LogP contribution in [-0.4, -0.2) is 11.0 Å². The fraction of sp³-hybridized carbons (Fsp3) is 0.400. The van der Waals surface area contributed by atoms with Crippen molar-refractivity contribution < 1.29 is 0 Å². The van der Waals surface area contributed by atoms with Crippen LogP contribution in [0.4, 0.5) is 0 Å². The maximum Gasteiger partial charge on any atom is 0.123 e. The fourth-order valence-corrected chi connectivity index (χ4v) is 3.27. The van der Waals surface area contributed by atoms with Crippen molar-refractivity contribution in [2.75, 3.05) is 0 Å². The van der Waals surface area contributed by atoms with Crippen molar-refractivity contribution in [3.8, 4) is 10.6 Å². The minimum absolute atomic E-state index is 0.741. The van der Waals surface area contributed by atoms with E-state index in [1.807, 2.05) is 24.3 Å². The molecule has 1 fully saturated rings. The number of aryl methyl sites for hydroxylation is 1. The number of benzene rings is 1. The molecular weight excluding hydrogens is 276 g/mol. The van der Waals surface area contributed by atoms with Gasteiger partial charge >= 0.3 is 0 Å². The van der Waals surface area contributed by atoms with Gasteiger partial charge in [0.15, 0.2) is 0 Å². The molecule has 100 valence electrons. The third-order valence-corrected chi connectivity index (χ3v) is 4.73. The first-order valence-electron chi connectivity index (χ1n) is 6.74. The fourth-order valence-electron chi connectivity index (χ4n) is 2.04. The minimum Gasteiger partial charge on any atom is -0.309 e. The first-order chi connectivity index (χ1) is 9.26. The molecule has 0 atom stereocenters. The van der Waals surface area contributed by atoms with Crippen molar-refractivity contribution in [1.29, 1.82) is 0 Å². The number of rotatable bonds is 5. The summed E-state index contributed by atoms with van der Waals surface area (Å²) in [5.41, 5.74) is 2.38. The molecule has 0 unspecified atom stereocenters. The summed E-state index contributed by atoms with van der Waals surface area (Å²) in [4.78, 5) is 6.14. The zero-order valence-corrected chi connectivity index (χ0v) is 12.5. The standard InChI is InChI=1S/C15H17ClN2S/c1-2-13-14(9-17-12-7-8-12)19-15(18-13)10-3-5-11(16)6-4-10/h3-6,12,17H,2,7-9H2,1H3. The maximum atomic E-state index is 5.93. The third kappa shape index (κ3) is 3.16. The molecule has 1 heterocycles. The SMILES string of the molecule is CCc1nc(-c2ccc(Cl)cc2)sc1CNC1CC1. The van der Waals surface area contributed by atoms with Crippen molar-refractivity contribution in [1.82, 2.24) is 10.3 Å². The molecule has 1 aromatic heterocycles. The Hall–Kier alpha value is -0.900. The average Bonchev–Trinajstić information content (AvgIpc) is 3.16. The Morgan fingerprint density at radius 2 is 2.05 bits per heavy atom. The summed E-state index contributed by atoms with van der Waals surface area (Å²) in [7, 11) is 0. The zero-order chi connectivity index (χ0) is 13.2. The van der Waals surface area contributed by atoms with Crippen molar-refractivity contribution in [3.05, 3.63) is 39.9 Å². The van der Waals surface area contributed by atoms with E-state index in [9.17, 15) is 0 Å². The van der Waals surface area contributed by atoms with Crippen LogP contribution in [0.5, 0.6) is 0 Å². The first-order valence-corrected chi connectivity index (χ1v) is 7.93. The number of thiazole rings is 1. The van der Waals surface area contributed by atoms with Gasteiger partial charge in [-0.15, -0.1) is 11.3 Å². The lowest BCUT2D eigenvalue weighted by Gasteiger charge is -2.00. The summed E-state index contributed by atoms with van der Waals surface area (Å²) in [6.07, 6.45) is 3.64. The molecule has 0 bridgehead atoms. The molecule has 19 heavy (non-hydrogen) atoms. The van der Waals surface area contributed by atoms with Crippen LogP contribution in [0.2, 0.25) is 5.02 Å². The largest absolute Gasteiger partial charge is 0.309 e. The second kappa shape index (κ2) is 5.61. The quantitative estimate of drug-likeness (QED) is 0.890. The van der Waals surface area contributed by atoms with Crippen LogP contribution in [-0.2, 0) is 13.0 Å². The molecule has 1 N–H and O–H groups in total. The molecule has 1 aliphatic rings. The molecule has 0 radical (unpaired) electrons. The Labute approximate surface area is 122 Å². The van der Waals surface area contributed by atoms with E-state index in [1.165, 1.54) is 23.4 Å². The summed E-state index contributed by atoms with van der Waals surface area (Å²) in [5, 5.41) is 5.44. The molecule has 2 aromatic rings. The van der Waals surface area contributed by atoms with Gasteiger partial charge in [0.2, 0.25) is 0 Å². The molecule has 4 heteroatoms. The number of hydrogen-bond acceptors (Lipinski definition) is 3. The van der Waals surface area contributed by atoms with E-state index in [0.717, 1.165) is 34.6 Å². The van der Waals surface area contributed by atoms with Crippen LogP contribution in [0.15, 0.2) is 24.3 Å². The molecule has 0 amide bonds. The lowest BCUT2D eigenvalue weighted by Crippen LogP contribution is -2.15. The molecular formula is C15H17ClN2S. The van der Waals surface area contributed by atoms with Gasteiger partial charge in [0, 0.05) is 28.0 Å². The summed E-state index contributed by atoms with van der Waals surface area (Å²) >= 11 is 7.72. The third-order valence-electron chi connectivity index (χ3n) is 3.33. The minimum atomic E-state index is 0.741. The van der Waals surface area contributed by atoms with Gasteiger partial charge in [-0.05, 0) is 31.4 Å². The Morgan fingerprint density at radius 3 is 2.68 bits per heavy atom. The Bertz CT molecular complexity index is 558. The number of nitrogens with one attached hydrogen (secondary N) is 1. The molecule has 1 saturated carbocycles. The normalized spacial score (nSPS) is 14.8. The topological polar surface area (TPSA) is 24.9 Å². The highest BCUT2D eigenvalue weighted by molar-refractivity contribution is 7.15. The van der Waals surface area contributed by atoms with E-state index >= 15 is 0 Å². The highest BCUT2D eigenvalue weighted by Gasteiger charge is 2.21. The van der Waals surface area contributed by atoms with Crippen LogP contribution >= 0.6 is 22.9 Å². The van der Waals surface area contributed by atoms with E-state index < -0.39 is 0 Å². The average molecular weight is 293 g/mol. The van der Waals surface area contributed by atoms with Crippen molar-refractivity contribution in [2.45, 2.75) is 38.8 Å². The van der Waals surface area contributed by atoms with Crippen LogP contribution in [0, 0.1) is 0 Å². The van der Waals surface area contributed by atoms with Crippen LogP contribution < -0.4 is 5.32 Å². The lowest BCUT2D eigenvalue weighted by atomic mass is 10.2. The number of halogens is 1. The maximum absolute atomic E-state index is 5.93. The van der Waals surface area contributed by atoms with Crippen LogP contribution in [0.25, 0.3) is 10.6 Å². The molecule has 0 aliphatic heterocycles. The van der Waals surface area contributed by atoms with E-state index in [-0.39, 0.29) is 0 Å². The zero-order valence-electron chi connectivity index (χ0n) is 10.9. The second-order valence-corrected chi connectivity index (χ2v) is 6.42. The molecule has 3 rings (SSSR count). The van der Waals surface area contributed by atoms with Crippen molar-refractivity contribution >= 4 is 22.9 Å². The second-order valence-electron chi connectivity index (χ2n) is 4.90. The summed E-state index contributed by atoms with van der Waals surface area (Å²) in [6, 6.07) is 8.67. The van der Waals surface area contributed by atoms with Gasteiger partial charge in [0.25, 0.3) is 0 Å². The highest BCUT2D eigenvalue weighted by atomic mass is 35.5. The van der Waals surface area contributed by atoms with E-state index in [1.54, 1.807) is 11.3 Å². The van der Waals surface area contributed by atoms with E-state index in [2.05, 4.69) is 12.2 Å². The molecule has 1 aliphatic carbocycles. The smallest absolute Gasteiger partial charge is 0.123 e. The van der Waals surface area contributed by atoms with Crippen LogP contribution in [0.3, 0.4) is 0 Å². The molecule has 1 aromatic carbocycles. The highest BCUT2D eigenvalue weighted by Crippen LogP contribution is 2.30. The lowest BCUT2D eigenvalue weighted by molar-refractivity contribution is 0.689. The monoisotopic (exact) mass is 292 g/mol. The van der Waals surface area contributed by atoms with Gasteiger partial charge in [-0.2, -0.15) is 0 Å². The summed E-state index contributed by atoms with van der Waals surface area (Å²) in [5.74, 6) is 0. The van der Waals surface area contributed by atoms with Gasteiger partial charge in [-0.3, -0.25) is 0 Å². The molecule has 0 spiro atoms. The Kier molecular flexibility index (Phi) is 3.87. The van der Waals surface area contributed by atoms with Gasteiger partial charge in [-0.25, -0.2) is 4.98 Å². The predicted molar refractivity (Wildman–Crippen MR) is 81.8 cm³/mol.